The largest absolute Gasteiger partial charge is 0.488 e. The molecule has 82 valence electrons. The normalized spacial score (nSPS) is 15.8. The number of hydrogen-bond acceptors (Lipinski definition) is 5. The van der Waals surface area contributed by atoms with Gasteiger partial charge in [0.1, 0.15) is 11.9 Å². The lowest BCUT2D eigenvalue weighted by atomic mass is 10.2. The summed E-state index contributed by atoms with van der Waals surface area (Å²) in [6.45, 7) is 1.82. The molecular weight excluding hydrogens is 206 g/mol. The molecule has 3 rings (SSSR count). The first-order valence-corrected chi connectivity index (χ1v) is 5.13. The van der Waals surface area contributed by atoms with E-state index in [1.807, 2.05) is 24.3 Å². The number of nitrogens with zero attached hydrogens (tertiary/aromatic N) is 3. The van der Waals surface area contributed by atoms with Crippen LogP contribution in [0.1, 0.15) is 0 Å². The Morgan fingerprint density at radius 2 is 2.25 bits per heavy atom. The zero-order chi connectivity index (χ0) is 10.8. The molecule has 0 unspecified atom stereocenters. The van der Waals surface area contributed by atoms with Crippen LogP contribution >= 0.6 is 0 Å². The SMILES string of the molecule is c1cc(OC2CNC2)cc(-c2nn[nH]n2)c1. The summed E-state index contributed by atoms with van der Waals surface area (Å²) in [5, 5.41) is 17.0. The first kappa shape index (κ1) is 9.29. The summed E-state index contributed by atoms with van der Waals surface area (Å²) in [4.78, 5) is 0. The van der Waals surface area contributed by atoms with Crippen molar-refractivity contribution in [1.82, 2.24) is 25.9 Å². The van der Waals surface area contributed by atoms with Crippen molar-refractivity contribution in [2.24, 2.45) is 0 Å². The average molecular weight is 217 g/mol. The molecule has 2 N–H and O–H groups in total. The number of aromatic nitrogens is 4. The maximum Gasteiger partial charge on any atom is 0.204 e. The number of hydrogen-bond donors (Lipinski definition) is 2. The molecule has 0 aliphatic carbocycles. The van der Waals surface area contributed by atoms with E-state index in [1.54, 1.807) is 0 Å². The van der Waals surface area contributed by atoms with Crippen LogP contribution in [0.4, 0.5) is 0 Å². The van der Waals surface area contributed by atoms with E-state index in [0.717, 1.165) is 24.4 Å². The average Bonchev–Trinajstić information content (AvgIpc) is 2.77. The molecule has 0 bridgehead atoms. The molecule has 1 aliphatic heterocycles. The summed E-state index contributed by atoms with van der Waals surface area (Å²) in [6.07, 6.45) is 0.278. The minimum atomic E-state index is 0.278. The fraction of sp³-hybridized carbons (Fsp3) is 0.300. The number of rotatable bonds is 3. The van der Waals surface area contributed by atoms with Crippen molar-refractivity contribution in [3.8, 4) is 17.1 Å². The van der Waals surface area contributed by atoms with Gasteiger partial charge < -0.3 is 10.1 Å². The van der Waals surface area contributed by atoms with Gasteiger partial charge in [-0.3, -0.25) is 0 Å². The molecular formula is C10H11N5O. The number of aromatic amines is 1. The predicted molar refractivity (Wildman–Crippen MR) is 56.9 cm³/mol. The smallest absolute Gasteiger partial charge is 0.204 e. The zero-order valence-electron chi connectivity index (χ0n) is 8.55. The summed E-state index contributed by atoms with van der Waals surface area (Å²) < 4.78 is 5.74. The maximum absolute atomic E-state index is 5.74. The van der Waals surface area contributed by atoms with Gasteiger partial charge in [-0.2, -0.15) is 5.21 Å². The quantitative estimate of drug-likeness (QED) is 0.769. The van der Waals surface area contributed by atoms with Crippen LogP contribution in [-0.2, 0) is 0 Å². The molecule has 1 aromatic heterocycles. The minimum absolute atomic E-state index is 0.278. The van der Waals surface area contributed by atoms with Gasteiger partial charge in [-0.05, 0) is 17.3 Å². The highest BCUT2D eigenvalue weighted by molar-refractivity contribution is 5.56. The van der Waals surface area contributed by atoms with Gasteiger partial charge in [-0.25, -0.2) is 0 Å². The van der Waals surface area contributed by atoms with E-state index in [0.29, 0.717) is 5.82 Å². The van der Waals surface area contributed by atoms with Crippen LogP contribution in [-0.4, -0.2) is 39.8 Å². The van der Waals surface area contributed by atoms with E-state index >= 15 is 0 Å². The molecule has 1 aliphatic rings. The molecule has 0 atom stereocenters. The van der Waals surface area contributed by atoms with Gasteiger partial charge in [0.15, 0.2) is 0 Å². The van der Waals surface area contributed by atoms with Crippen molar-refractivity contribution in [2.75, 3.05) is 13.1 Å². The van der Waals surface area contributed by atoms with Crippen molar-refractivity contribution in [3.05, 3.63) is 24.3 Å². The topological polar surface area (TPSA) is 75.7 Å². The van der Waals surface area contributed by atoms with E-state index < -0.39 is 0 Å². The third kappa shape index (κ3) is 1.74. The van der Waals surface area contributed by atoms with E-state index in [4.69, 9.17) is 4.74 Å². The van der Waals surface area contributed by atoms with E-state index in [2.05, 4.69) is 25.9 Å². The fourth-order valence-electron chi connectivity index (χ4n) is 1.53. The molecule has 1 fully saturated rings. The molecule has 0 saturated carbocycles. The highest BCUT2D eigenvalue weighted by atomic mass is 16.5. The standard InChI is InChI=1S/C10H11N5O/c1-2-7(10-12-14-15-13-10)4-8(3-1)16-9-5-11-6-9/h1-4,9,11H,5-6H2,(H,12,13,14,15). The summed E-state index contributed by atoms with van der Waals surface area (Å²) >= 11 is 0. The first-order chi connectivity index (χ1) is 7.92. The number of nitrogens with one attached hydrogen (secondary N) is 2. The highest BCUT2D eigenvalue weighted by Crippen LogP contribution is 2.21. The first-order valence-electron chi connectivity index (χ1n) is 5.13. The van der Waals surface area contributed by atoms with E-state index in [-0.39, 0.29) is 6.10 Å². The van der Waals surface area contributed by atoms with Crippen LogP contribution in [0.3, 0.4) is 0 Å². The summed E-state index contributed by atoms with van der Waals surface area (Å²) in [7, 11) is 0. The third-order valence-corrected chi connectivity index (χ3v) is 2.48. The Labute approximate surface area is 92.0 Å². The molecule has 0 spiro atoms. The molecule has 6 heteroatoms. The minimum Gasteiger partial charge on any atom is -0.488 e. The number of tetrazole rings is 1. The van der Waals surface area contributed by atoms with Gasteiger partial charge in [0, 0.05) is 18.7 Å². The van der Waals surface area contributed by atoms with Gasteiger partial charge in [-0.1, -0.05) is 12.1 Å². The predicted octanol–water partition coefficient (Wildman–Crippen LogP) is 0.217. The van der Waals surface area contributed by atoms with Crippen LogP contribution in [0.25, 0.3) is 11.4 Å². The van der Waals surface area contributed by atoms with Crippen molar-refractivity contribution < 1.29 is 4.74 Å². The van der Waals surface area contributed by atoms with Crippen molar-refractivity contribution in [3.63, 3.8) is 0 Å². The number of ether oxygens (including phenoxy) is 1. The zero-order valence-corrected chi connectivity index (χ0v) is 8.55. The molecule has 0 radical (unpaired) electrons. The molecule has 1 aromatic carbocycles. The Kier molecular flexibility index (Phi) is 2.26. The third-order valence-electron chi connectivity index (χ3n) is 2.48. The molecule has 16 heavy (non-hydrogen) atoms. The summed E-state index contributed by atoms with van der Waals surface area (Å²) in [5.41, 5.74) is 0.901. The van der Waals surface area contributed by atoms with Crippen molar-refractivity contribution in [1.29, 1.82) is 0 Å². The lowest BCUT2D eigenvalue weighted by molar-refractivity contribution is 0.142. The van der Waals surface area contributed by atoms with Crippen LogP contribution in [0.15, 0.2) is 24.3 Å². The van der Waals surface area contributed by atoms with Gasteiger partial charge in [-0.15, -0.1) is 10.2 Å². The molecule has 1 saturated heterocycles. The summed E-state index contributed by atoms with van der Waals surface area (Å²) in [5.74, 6) is 1.42. The number of H-pyrrole nitrogens is 1. The Bertz CT molecular complexity index is 466. The maximum atomic E-state index is 5.74. The van der Waals surface area contributed by atoms with Crippen LogP contribution < -0.4 is 10.1 Å². The molecule has 0 amide bonds. The van der Waals surface area contributed by atoms with Gasteiger partial charge in [0.25, 0.3) is 0 Å². The number of benzene rings is 1. The Hall–Kier alpha value is -1.95. The fourth-order valence-corrected chi connectivity index (χ4v) is 1.53. The van der Waals surface area contributed by atoms with Crippen molar-refractivity contribution in [2.45, 2.75) is 6.10 Å². The van der Waals surface area contributed by atoms with Crippen LogP contribution in [0, 0.1) is 0 Å². The second-order valence-corrected chi connectivity index (χ2v) is 3.66. The van der Waals surface area contributed by atoms with E-state index in [1.165, 1.54) is 0 Å². The Morgan fingerprint density at radius 3 is 2.94 bits per heavy atom. The van der Waals surface area contributed by atoms with Gasteiger partial charge in [0.05, 0.1) is 0 Å². The monoisotopic (exact) mass is 217 g/mol. The molecule has 2 heterocycles. The van der Waals surface area contributed by atoms with Gasteiger partial charge >= 0.3 is 0 Å². The van der Waals surface area contributed by atoms with Gasteiger partial charge in [0.2, 0.25) is 5.82 Å². The highest BCUT2D eigenvalue weighted by Gasteiger charge is 2.18. The second-order valence-electron chi connectivity index (χ2n) is 3.66. The lowest BCUT2D eigenvalue weighted by Gasteiger charge is -2.27. The van der Waals surface area contributed by atoms with Crippen molar-refractivity contribution >= 4 is 0 Å². The summed E-state index contributed by atoms with van der Waals surface area (Å²) in [6, 6.07) is 7.70. The van der Waals surface area contributed by atoms with E-state index in [9.17, 15) is 0 Å². The Morgan fingerprint density at radius 1 is 1.31 bits per heavy atom. The lowest BCUT2D eigenvalue weighted by Crippen LogP contribution is -2.50. The molecule has 2 aromatic rings. The van der Waals surface area contributed by atoms with Crippen LogP contribution in [0.2, 0.25) is 0 Å². The molecule has 6 nitrogen and oxygen atoms in total. The Balaban J connectivity index is 1.82. The van der Waals surface area contributed by atoms with Crippen LogP contribution in [0.5, 0.6) is 5.75 Å². The second kappa shape index (κ2) is 3.90.